The Bertz CT molecular complexity index is 201. The van der Waals surface area contributed by atoms with Crippen LogP contribution >= 0.6 is 0 Å². The van der Waals surface area contributed by atoms with E-state index in [1.165, 1.54) is 0 Å². The molecule has 0 aliphatic rings. The number of carboxylic acids is 1. The summed E-state index contributed by atoms with van der Waals surface area (Å²) in [5.41, 5.74) is 0.453. The van der Waals surface area contributed by atoms with Crippen LogP contribution in [-0.4, -0.2) is 17.6 Å². The molecular weight excluding hydrogens is 166 g/mol. The van der Waals surface area contributed by atoms with E-state index in [0.29, 0.717) is 12.0 Å². The van der Waals surface area contributed by atoms with E-state index in [9.17, 15) is 4.79 Å². The Labute approximate surface area is 79.8 Å². The summed E-state index contributed by atoms with van der Waals surface area (Å²) in [6.45, 7) is 8.76. The van der Waals surface area contributed by atoms with Gasteiger partial charge in [0.1, 0.15) is 0 Å². The summed E-state index contributed by atoms with van der Waals surface area (Å²) in [7, 11) is 0. The third-order valence-corrected chi connectivity index (χ3v) is 1.48. The van der Waals surface area contributed by atoms with Gasteiger partial charge in [-0.05, 0) is 18.8 Å². The van der Waals surface area contributed by atoms with Crippen LogP contribution in [0.3, 0.4) is 0 Å². The zero-order chi connectivity index (χ0) is 10.5. The lowest BCUT2D eigenvalue weighted by atomic mass is 9.88. The average Bonchev–Trinajstić information content (AvgIpc) is 1.95. The third kappa shape index (κ3) is 6.20. The Kier molecular flexibility index (Phi) is 4.52. The molecule has 0 radical (unpaired) electrons. The van der Waals surface area contributed by atoms with E-state index in [4.69, 9.17) is 5.11 Å². The maximum atomic E-state index is 10.8. The van der Waals surface area contributed by atoms with Crippen LogP contribution < -0.4 is 5.32 Å². The predicted octanol–water partition coefficient (Wildman–Crippen LogP) is 2.00. The van der Waals surface area contributed by atoms with Crippen LogP contribution in [0, 0.1) is 5.41 Å². The van der Waals surface area contributed by atoms with Crippen LogP contribution in [-0.2, 0) is 4.79 Å². The highest BCUT2D eigenvalue weighted by Crippen LogP contribution is 2.23. The minimum Gasteiger partial charge on any atom is -0.478 e. The molecule has 0 unspecified atom stereocenters. The largest absolute Gasteiger partial charge is 0.478 e. The fraction of sp³-hybridized carbons (Fsp3) is 0.700. The second-order valence-corrected chi connectivity index (χ2v) is 4.27. The number of aliphatic carboxylic acids is 1. The smallest absolute Gasteiger partial charge is 0.333 e. The van der Waals surface area contributed by atoms with Crippen molar-refractivity contribution >= 4 is 5.97 Å². The predicted molar refractivity (Wildman–Crippen MR) is 53.5 cm³/mol. The number of nitrogens with one attached hydrogen (secondary N) is 1. The van der Waals surface area contributed by atoms with Crippen LogP contribution in [0.25, 0.3) is 0 Å². The number of hydrogen-bond acceptors (Lipinski definition) is 2. The van der Waals surface area contributed by atoms with E-state index in [0.717, 1.165) is 6.54 Å². The minimum atomic E-state index is -0.837. The molecule has 0 bridgehead atoms. The Morgan fingerprint density at radius 3 is 2.31 bits per heavy atom. The second kappa shape index (κ2) is 4.90. The monoisotopic (exact) mass is 185 g/mol. The van der Waals surface area contributed by atoms with Gasteiger partial charge in [0.2, 0.25) is 0 Å². The summed E-state index contributed by atoms with van der Waals surface area (Å²) >= 11 is 0. The summed E-state index contributed by atoms with van der Waals surface area (Å²) in [6, 6.07) is 0. The van der Waals surface area contributed by atoms with Crippen molar-refractivity contribution in [3.8, 4) is 0 Å². The SMILES string of the molecule is CCNC=C(CC(C)(C)C)C(=O)O. The molecule has 0 aliphatic carbocycles. The molecular formula is C10H19NO2. The normalized spacial score (nSPS) is 12.8. The van der Waals surface area contributed by atoms with E-state index in [1.54, 1.807) is 6.20 Å². The highest BCUT2D eigenvalue weighted by Gasteiger charge is 2.17. The van der Waals surface area contributed by atoms with Gasteiger partial charge in [-0.3, -0.25) is 0 Å². The molecule has 0 aromatic rings. The maximum absolute atomic E-state index is 10.8. The highest BCUT2D eigenvalue weighted by molar-refractivity contribution is 5.86. The van der Waals surface area contributed by atoms with Crippen molar-refractivity contribution in [3.05, 3.63) is 11.8 Å². The first-order valence-corrected chi connectivity index (χ1v) is 4.52. The van der Waals surface area contributed by atoms with Crippen LogP contribution in [0.2, 0.25) is 0 Å². The Morgan fingerprint density at radius 1 is 1.46 bits per heavy atom. The molecule has 0 aromatic heterocycles. The maximum Gasteiger partial charge on any atom is 0.333 e. The van der Waals surface area contributed by atoms with Gasteiger partial charge in [0, 0.05) is 12.7 Å². The molecule has 3 heteroatoms. The Balaban J connectivity index is 4.36. The fourth-order valence-electron chi connectivity index (χ4n) is 0.985. The van der Waals surface area contributed by atoms with Crippen molar-refractivity contribution in [3.63, 3.8) is 0 Å². The van der Waals surface area contributed by atoms with Gasteiger partial charge in [-0.2, -0.15) is 0 Å². The number of carbonyl (C=O) groups is 1. The van der Waals surface area contributed by atoms with Crippen molar-refractivity contribution in [2.75, 3.05) is 6.54 Å². The molecule has 0 rings (SSSR count). The number of hydrogen-bond donors (Lipinski definition) is 2. The molecule has 13 heavy (non-hydrogen) atoms. The molecule has 0 atom stereocenters. The minimum absolute atomic E-state index is 0.0135. The topological polar surface area (TPSA) is 49.3 Å². The van der Waals surface area contributed by atoms with E-state index in [2.05, 4.69) is 5.32 Å². The van der Waals surface area contributed by atoms with Crippen molar-refractivity contribution in [1.29, 1.82) is 0 Å². The van der Waals surface area contributed by atoms with Crippen molar-refractivity contribution < 1.29 is 9.90 Å². The number of carboxylic acid groups (broad SMARTS) is 1. The molecule has 0 saturated heterocycles. The van der Waals surface area contributed by atoms with Crippen molar-refractivity contribution in [1.82, 2.24) is 5.32 Å². The Hall–Kier alpha value is -0.990. The van der Waals surface area contributed by atoms with Gasteiger partial charge in [0.05, 0.1) is 5.57 Å². The molecule has 0 aliphatic heterocycles. The first-order chi connectivity index (χ1) is 5.87. The van der Waals surface area contributed by atoms with Crippen LogP contribution in [0.15, 0.2) is 11.8 Å². The van der Waals surface area contributed by atoms with Gasteiger partial charge in [-0.15, -0.1) is 0 Å². The van der Waals surface area contributed by atoms with Gasteiger partial charge in [-0.25, -0.2) is 4.79 Å². The van der Waals surface area contributed by atoms with Gasteiger partial charge in [-0.1, -0.05) is 20.8 Å². The van der Waals surface area contributed by atoms with Crippen LogP contribution in [0.4, 0.5) is 0 Å². The molecule has 0 spiro atoms. The summed E-state index contributed by atoms with van der Waals surface area (Å²) < 4.78 is 0. The molecule has 3 nitrogen and oxygen atoms in total. The standard InChI is InChI=1S/C10H19NO2/c1-5-11-7-8(9(12)13)6-10(2,3)4/h7,11H,5-6H2,1-4H3,(H,12,13). The van der Waals surface area contributed by atoms with Crippen molar-refractivity contribution in [2.24, 2.45) is 5.41 Å². The third-order valence-electron chi connectivity index (χ3n) is 1.48. The molecule has 0 amide bonds. The molecule has 0 fully saturated rings. The summed E-state index contributed by atoms with van der Waals surface area (Å²) in [5, 5.41) is 11.8. The Morgan fingerprint density at radius 2 is 2.00 bits per heavy atom. The van der Waals surface area contributed by atoms with Crippen molar-refractivity contribution in [2.45, 2.75) is 34.1 Å². The molecule has 0 aromatic carbocycles. The summed E-state index contributed by atoms with van der Waals surface area (Å²) in [6.07, 6.45) is 2.17. The van der Waals surface area contributed by atoms with Gasteiger partial charge >= 0.3 is 5.97 Å². The lowest BCUT2D eigenvalue weighted by Gasteiger charge is -2.18. The zero-order valence-corrected chi connectivity index (χ0v) is 8.85. The number of rotatable bonds is 4. The first kappa shape index (κ1) is 12.0. The van der Waals surface area contributed by atoms with Gasteiger partial charge < -0.3 is 10.4 Å². The average molecular weight is 185 g/mol. The first-order valence-electron chi connectivity index (χ1n) is 4.52. The molecule has 0 saturated carbocycles. The molecule has 76 valence electrons. The van der Waals surface area contributed by atoms with E-state index < -0.39 is 5.97 Å². The summed E-state index contributed by atoms with van der Waals surface area (Å²) in [5.74, 6) is -0.837. The lowest BCUT2D eigenvalue weighted by Crippen LogP contribution is -2.15. The lowest BCUT2D eigenvalue weighted by molar-refractivity contribution is -0.133. The quantitative estimate of drug-likeness (QED) is 0.659. The molecule has 2 N–H and O–H groups in total. The zero-order valence-electron chi connectivity index (χ0n) is 8.85. The highest BCUT2D eigenvalue weighted by atomic mass is 16.4. The summed E-state index contributed by atoms with van der Waals surface area (Å²) in [4.78, 5) is 10.8. The van der Waals surface area contributed by atoms with E-state index >= 15 is 0 Å². The molecule has 0 heterocycles. The van der Waals surface area contributed by atoms with E-state index in [-0.39, 0.29) is 5.41 Å². The van der Waals surface area contributed by atoms with Gasteiger partial charge in [0.25, 0.3) is 0 Å². The van der Waals surface area contributed by atoms with E-state index in [1.807, 2.05) is 27.7 Å². The van der Waals surface area contributed by atoms with Crippen LogP contribution in [0.1, 0.15) is 34.1 Å². The van der Waals surface area contributed by atoms with Gasteiger partial charge in [0.15, 0.2) is 0 Å². The second-order valence-electron chi connectivity index (χ2n) is 4.27. The fourth-order valence-corrected chi connectivity index (χ4v) is 0.985. The van der Waals surface area contributed by atoms with Crippen LogP contribution in [0.5, 0.6) is 0 Å².